The van der Waals surface area contributed by atoms with Crippen molar-refractivity contribution in [1.82, 2.24) is 0 Å². The molecule has 1 unspecified atom stereocenters. The van der Waals surface area contributed by atoms with Gasteiger partial charge in [0.2, 0.25) is 0 Å². The first kappa shape index (κ1) is 15.3. The molecule has 1 rings (SSSR count). The van der Waals surface area contributed by atoms with Crippen LogP contribution in [0.15, 0.2) is 24.3 Å². The summed E-state index contributed by atoms with van der Waals surface area (Å²) in [6.07, 6.45) is -4.03. The Morgan fingerprint density at radius 2 is 1.94 bits per heavy atom. The maximum absolute atomic E-state index is 11.9. The minimum absolute atomic E-state index is 0.0735. The molecular weight excluding hydrogens is 269 g/mol. The molecule has 0 saturated heterocycles. The standard InChI is InChI=1S/C12H14ClF3O2/c13-11-4-2-1-3-10(11)9(7-17)5-6-18-8-12(14,15)16/h1-4,9,17H,5-8H2. The number of hydrogen-bond acceptors (Lipinski definition) is 2. The summed E-state index contributed by atoms with van der Waals surface area (Å²) in [7, 11) is 0. The van der Waals surface area contributed by atoms with E-state index in [0.29, 0.717) is 5.02 Å². The van der Waals surface area contributed by atoms with Crippen LogP contribution in [0.4, 0.5) is 13.2 Å². The lowest BCUT2D eigenvalue weighted by Gasteiger charge is -2.16. The fraction of sp³-hybridized carbons (Fsp3) is 0.500. The van der Waals surface area contributed by atoms with Crippen LogP contribution in [0, 0.1) is 0 Å². The minimum Gasteiger partial charge on any atom is -0.396 e. The minimum atomic E-state index is -4.32. The summed E-state index contributed by atoms with van der Waals surface area (Å²) in [5.41, 5.74) is 0.720. The predicted molar refractivity (Wildman–Crippen MR) is 62.8 cm³/mol. The Kier molecular flexibility index (Phi) is 5.91. The van der Waals surface area contributed by atoms with Gasteiger partial charge in [0, 0.05) is 17.5 Å². The molecule has 18 heavy (non-hydrogen) atoms. The van der Waals surface area contributed by atoms with Crippen molar-refractivity contribution in [2.75, 3.05) is 19.8 Å². The summed E-state index contributed by atoms with van der Waals surface area (Å²) in [4.78, 5) is 0. The quantitative estimate of drug-likeness (QED) is 0.811. The molecule has 0 heterocycles. The smallest absolute Gasteiger partial charge is 0.396 e. The summed E-state index contributed by atoms with van der Waals surface area (Å²) in [6, 6.07) is 6.93. The van der Waals surface area contributed by atoms with E-state index < -0.39 is 12.8 Å². The molecule has 0 aliphatic rings. The van der Waals surface area contributed by atoms with Gasteiger partial charge in [-0.1, -0.05) is 29.8 Å². The molecule has 0 bridgehead atoms. The molecule has 102 valence electrons. The zero-order valence-corrected chi connectivity index (χ0v) is 10.3. The van der Waals surface area contributed by atoms with E-state index in [-0.39, 0.29) is 25.6 Å². The number of aliphatic hydroxyl groups excluding tert-OH is 1. The summed E-state index contributed by atoms with van der Waals surface area (Å²) >= 11 is 5.95. The fourth-order valence-electron chi connectivity index (χ4n) is 1.56. The number of hydrogen-bond donors (Lipinski definition) is 1. The second-order valence-electron chi connectivity index (χ2n) is 3.86. The van der Waals surface area contributed by atoms with Crippen LogP contribution in [0.25, 0.3) is 0 Å². The van der Waals surface area contributed by atoms with E-state index in [4.69, 9.17) is 11.6 Å². The maximum Gasteiger partial charge on any atom is 0.411 e. The number of aliphatic hydroxyl groups is 1. The second-order valence-corrected chi connectivity index (χ2v) is 4.26. The third-order valence-corrected chi connectivity index (χ3v) is 2.79. The van der Waals surface area contributed by atoms with Crippen LogP contribution in [0.5, 0.6) is 0 Å². The molecule has 0 amide bonds. The highest BCUT2D eigenvalue weighted by atomic mass is 35.5. The topological polar surface area (TPSA) is 29.5 Å². The van der Waals surface area contributed by atoms with Crippen molar-refractivity contribution in [1.29, 1.82) is 0 Å². The highest BCUT2D eigenvalue weighted by molar-refractivity contribution is 6.31. The lowest BCUT2D eigenvalue weighted by molar-refractivity contribution is -0.174. The van der Waals surface area contributed by atoms with E-state index in [1.807, 2.05) is 0 Å². The molecule has 6 heteroatoms. The van der Waals surface area contributed by atoms with E-state index in [2.05, 4.69) is 4.74 Å². The van der Waals surface area contributed by atoms with E-state index in [0.717, 1.165) is 5.56 Å². The zero-order chi connectivity index (χ0) is 13.6. The van der Waals surface area contributed by atoms with Crippen molar-refractivity contribution in [3.63, 3.8) is 0 Å². The predicted octanol–water partition coefficient (Wildman–Crippen LogP) is 3.38. The Bertz CT molecular complexity index is 369. The van der Waals surface area contributed by atoms with Crippen molar-refractivity contribution >= 4 is 11.6 Å². The van der Waals surface area contributed by atoms with Crippen LogP contribution in [-0.4, -0.2) is 31.1 Å². The fourth-order valence-corrected chi connectivity index (χ4v) is 1.85. The van der Waals surface area contributed by atoms with Gasteiger partial charge < -0.3 is 9.84 Å². The second kappa shape index (κ2) is 6.97. The van der Waals surface area contributed by atoms with Crippen molar-refractivity contribution in [3.05, 3.63) is 34.9 Å². The largest absolute Gasteiger partial charge is 0.411 e. The highest BCUT2D eigenvalue weighted by Gasteiger charge is 2.27. The Morgan fingerprint density at radius 3 is 2.50 bits per heavy atom. The first-order chi connectivity index (χ1) is 8.44. The van der Waals surface area contributed by atoms with E-state index >= 15 is 0 Å². The van der Waals surface area contributed by atoms with Gasteiger partial charge in [0.15, 0.2) is 0 Å². The molecular formula is C12H14ClF3O2. The number of halogens is 4. The molecule has 0 aliphatic carbocycles. The SMILES string of the molecule is OCC(CCOCC(F)(F)F)c1ccccc1Cl. The van der Waals surface area contributed by atoms with E-state index in [1.54, 1.807) is 24.3 Å². The number of rotatable bonds is 6. The third-order valence-electron chi connectivity index (χ3n) is 2.44. The monoisotopic (exact) mass is 282 g/mol. The molecule has 1 aromatic rings. The van der Waals surface area contributed by atoms with Gasteiger partial charge >= 0.3 is 6.18 Å². The van der Waals surface area contributed by atoms with Crippen molar-refractivity contribution in [2.24, 2.45) is 0 Å². The van der Waals surface area contributed by atoms with Gasteiger partial charge in [-0.25, -0.2) is 0 Å². The van der Waals surface area contributed by atoms with Crippen molar-refractivity contribution in [2.45, 2.75) is 18.5 Å². The Morgan fingerprint density at radius 1 is 1.28 bits per heavy atom. The van der Waals surface area contributed by atoms with Gasteiger partial charge in [-0.2, -0.15) is 13.2 Å². The average molecular weight is 283 g/mol. The number of ether oxygens (including phenoxy) is 1. The third kappa shape index (κ3) is 5.25. The Labute approximate surface area is 108 Å². The Balaban J connectivity index is 2.46. The van der Waals surface area contributed by atoms with Crippen LogP contribution < -0.4 is 0 Å². The van der Waals surface area contributed by atoms with E-state index in [9.17, 15) is 18.3 Å². The molecule has 1 aromatic carbocycles. The zero-order valence-electron chi connectivity index (χ0n) is 9.58. The van der Waals surface area contributed by atoms with Crippen molar-refractivity contribution in [3.8, 4) is 0 Å². The van der Waals surface area contributed by atoms with Gasteiger partial charge in [0.1, 0.15) is 6.61 Å². The first-order valence-electron chi connectivity index (χ1n) is 5.44. The normalized spacial score (nSPS) is 13.6. The summed E-state index contributed by atoms with van der Waals surface area (Å²) in [5.74, 6) is -0.313. The van der Waals surface area contributed by atoms with Gasteiger partial charge in [0.05, 0.1) is 6.61 Å². The number of alkyl halides is 3. The number of benzene rings is 1. The first-order valence-corrected chi connectivity index (χ1v) is 5.81. The molecule has 0 radical (unpaired) electrons. The Hall–Kier alpha value is -0.780. The molecule has 0 aromatic heterocycles. The summed E-state index contributed by atoms with van der Waals surface area (Å²) < 4.78 is 40.1. The summed E-state index contributed by atoms with van der Waals surface area (Å²) in [5, 5.41) is 9.72. The van der Waals surface area contributed by atoms with Crippen LogP contribution in [0.1, 0.15) is 17.9 Å². The van der Waals surface area contributed by atoms with Crippen LogP contribution >= 0.6 is 11.6 Å². The lowest BCUT2D eigenvalue weighted by atomic mass is 9.97. The van der Waals surface area contributed by atoms with Gasteiger partial charge in [-0.15, -0.1) is 0 Å². The average Bonchev–Trinajstić information content (AvgIpc) is 2.29. The maximum atomic E-state index is 11.9. The molecule has 2 nitrogen and oxygen atoms in total. The molecule has 0 fully saturated rings. The van der Waals surface area contributed by atoms with Crippen LogP contribution in [0.2, 0.25) is 5.02 Å². The molecule has 1 N–H and O–H groups in total. The van der Waals surface area contributed by atoms with Gasteiger partial charge in [-0.05, 0) is 18.1 Å². The van der Waals surface area contributed by atoms with Crippen molar-refractivity contribution < 1.29 is 23.0 Å². The molecule has 0 saturated carbocycles. The highest BCUT2D eigenvalue weighted by Crippen LogP contribution is 2.26. The van der Waals surface area contributed by atoms with E-state index in [1.165, 1.54) is 0 Å². The molecule has 0 spiro atoms. The van der Waals surface area contributed by atoms with Crippen LogP contribution in [-0.2, 0) is 4.74 Å². The summed E-state index contributed by atoms with van der Waals surface area (Å²) in [6.45, 7) is -1.53. The van der Waals surface area contributed by atoms with Gasteiger partial charge in [-0.3, -0.25) is 0 Å². The molecule has 0 aliphatic heterocycles. The van der Waals surface area contributed by atoms with Crippen LogP contribution in [0.3, 0.4) is 0 Å². The van der Waals surface area contributed by atoms with Gasteiger partial charge in [0.25, 0.3) is 0 Å². The lowest BCUT2D eigenvalue weighted by Crippen LogP contribution is -2.18. The molecule has 1 atom stereocenters.